The van der Waals surface area contributed by atoms with E-state index in [0.717, 1.165) is 41.8 Å². The minimum atomic E-state index is -2.74. The molecule has 0 bridgehead atoms. The topological polar surface area (TPSA) is 81.1 Å². The second-order valence-corrected chi connectivity index (χ2v) is 12.6. The minimum absolute atomic E-state index is 0.00897. The first-order valence-corrected chi connectivity index (χ1v) is 17.0. The van der Waals surface area contributed by atoms with Crippen molar-refractivity contribution in [1.29, 1.82) is 0 Å². The third-order valence-corrected chi connectivity index (χ3v) is 9.29. The normalized spacial score (nSPS) is 19.6. The number of pyridine rings is 1. The Kier molecular flexibility index (Phi) is 7.46. The highest BCUT2D eigenvalue weighted by Crippen LogP contribution is 2.43. The summed E-state index contributed by atoms with van der Waals surface area (Å²) in [6, 6.07) is 7.81. The maximum atomic E-state index is 13.8. The van der Waals surface area contributed by atoms with Crippen molar-refractivity contribution < 1.29 is 18.3 Å². The predicted molar refractivity (Wildman–Crippen MR) is 150 cm³/mol. The molecule has 1 saturated heterocycles. The molecule has 36 heavy (non-hydrogen) atoms. The first kappa shape index (κ1) is 26.1. The Bertz CT molecular complexity index is 1320. The van der Waals surface area contributed by atoms with Crippen molar-refractivity contribution in [3.05, 3.63) is 35.7 Å². The number of rotatable bonds is 8. The second-order valence-electron chi connectivity index (χ2n) is 9.67. The highest BCUT2D eigenvalue weighted by Gasteiger charge is 2.33. The van der Waals surface area contributed by atoms with E-state index in [4.69, 9.17) is 4.74 Å². The molecule has 3 heterocycles. The summed E-state index contributed by atoms with van der Waals surface area (Å²) in [5.74, 6) is -0.119. The Hall–Kier alpha value is -1.56. The number of hydrogen-bond acceptors (Lipinski definition) is 6. The monoisotopic (exact) mass is 645 g/mol. The van der Waals surface area contributed by atoms with E-state index in [-0.39, 0.29) is 35.7 Å². The summed E-state index contributed by atoms with van der Waals surface area (Å²) in [7, 11) is 0. The lowest BCUT2D eigenvalue weighted by Crippen LogP contribution is -2.17. The van der Waals surface area contributed by atoms with E-state index in [0.29, 0.717) is 22.7 Å². The van der Waals surface area contributed by atoms with E-state index < -0.39 is 6.43 Å². The van der Waals surface area contributed by atoms with E-state index in [2.05, 4.69) is 40.5 Å². The van der Waals surface area contributed by atoms with Crippen LogP contribution in [0.5, 0.6) is 0 Å². The quantitative estimate of drug-likeness (QED) is 0.149. The summed E-state index contributed by atoms with van der Waals surface area (Å²) < 4.78 is 35.2. The molecule has 2 fully saturated rings. The van der Waals surface area contributed by atoms with Crippen LogP contribution in [-0.2, 0) is 9.53 Å². The van der Waals surface area contributed by atoms with Crippen molar-refractivity contribution in [2.45, 2.75) is 62.6 Å². The van der Waals surface area contributed by atoms with Crippen LogP contribution in [0.1, 0.15) is 63.4 Å². The van der Waals surface area contributed by atoms with Crippen LogP contribution < -0.4 is 10.6 Å². The fourth-order valence-electron chi connectivity index (χ4n) is 4.40. The van der Waals surface area contributed by atoms with Crippen molar-refractivity contribution in [2.24, 2.45) is 5.92 Å². The number of hydrogen-bond donors (Lipinski definition) is 2. The first-order chi connectivity index (χ1) is 17.2. The van der Waals surface area contributed by atoms with Gasteiger partial charge in [0.2, 0.25) is 5.91 Å². The lowest BCUT2D eigenvalue weighted by Gasteiger charge is -2.20. The Morgan fingerprint density at radius 3 is 2.64 bits per heavy atom. The van der Waals surface area contributed by atoms with Crippen LogP contribution >= 0.6 is 40.2 Å². The van der Waals surface area contributed by atoms with Gasteiger partial charge in [-0.15, -0.1) is 11.8 Å². The van der Waals surface area contributed by atoms with Crippen LogP contribution in [0.3, 0.4) is 0 Å². The average molecular weight is 645 g/mol. The third-order valence-electron chi connectivity index (χ3n) is 6.46. The summed E-state index contributed by atoms with van der Waals surface area (Å²) in [4.78, 5) is 22.2. The summed E-state index contributed by atoms with van der Waals surface area (Å²) >= 11 is 3.63. The molecule has 1 amide bonds. The number of nitrogens with zero attached hydrogens (tertiary/aromatic N) is 3. The predicted octanol–water partition coefficient (Wildman–Crippen LogP) is 7.60. The molecule has 5 rings (SSSR count). The summed E-state index contributed by atoms with van der Waals surface area (Å²) in [6.45, 7) is 4.21. The van der Waals surface area contributed by atoms with Gasteiger partial charge in [-0.1, -0.05) is 6.07 Å². The number of fused-ring (bicyclic) bond motifs is 1. The van der Waals surface area contributed by atoms with Crippen molar-refractivity contribution in [3.8, 4) is 0 Å². The number of thioether (sulfide) groups is 1. The number of anilines is 3. The van der Waals surface area contributed by atoms with E-state index in [1.165, 1.54) is 4.34 Å². The number of amides is 1. The van der Waals surface area contributed by atoms with Gasteiger partial charge in [-0.05, 0) is 85.5 Å². The number of carbonyl (C=O) groups is 1. The first-order valence-electron chi connectivity index (χ1n) is 11.7. The maximum absolute atomic E-state index is 13.8. The van der Waals surface area contributed by atoms with Crippen LogP contribution in [0.2, 0.25) is 0 Å². The smallest absolute Gasteiger partial charge is 0.295 e. The van der Waals surface area contributed by atoms with Crippen molar-refractivity contribution in [2.75, 3.05) is 16.9 Å². The number of benzene rings is 1. The molecule has 0 radical (unpaired) electrons. The van der Waals surface area contributed by atoms with Crippen LogP contribution in [0.15, 0.2) is 29.2 Å². The molecule has 0 spiro atoms. The molecule has 1 aromatic carbocycles. The summed E-state index contributed by atoms with van der Waals surface area (Å²) in [6.07, 6.45) is 2.96. The maximum Gasteiger partial charge on any atom is 0.295 e. The molecule has 1 saturated carbocycles. The highest BCUT2D eigenvalue weighted by atomic mass is 127. The summed E-state index contributed by atoms with van der Waals surface area (Å²) in [5, 5.41) is 6.24. The van der Waals surface area contributed by atoms with Gasteiger partial charge in [-0.25, -0.2) is 18.7 Å². The number of imidazole rings is 1. The fraction of sp³-hybridized carbons (Fsp3) is 0.458. The molecule has 2 unspecified atom stereocenters. The minimum Gasteiger partial charge on any atom is -0.368 e. The third kappa shape index (κ3) is 5.35. The zero-order chi connectivity index (χ0) is 25.6. The molecule has 1 aliphatic carbocycles. The molecule has 3 aromatic rings. The van der Waals surface area contributed by atoms with Gasteiger partial charge in [0.25, 0.3) is 6.43 Å². The molecular weight excluding hydrogens is 618 g/mol. The number of carbonyl (C=O) groups excluding carboxylic acids is 1. The fourth-order valence-corrected chi connectivity index (χ4v) is 6.89. The standard InChI is InChI=1S/C24H27F2IN5O2PS/c1-24(2)9-8-16(34-24)13-6-7-14(17(10-13)36-3)28-15-11-18(30-23(33)12-4-5-12)29-21-19(15)31-22(20(25)26)32(21)35-27/h6-7,10-12,16,20,35H,4-5,8-9H2,1-3H3,(H2,28,29,30,33). The van der Waals surface area contributed by atoms with Crippen LogP contribution in [-0.4, -0.2) is 32.1 Å². The van der Waals surface area contributed by atoms with Gasteiger partial charge in [0.15, 0.2) is 11.5 Å². The number of alkyl halides is 2. The number of nitrogens with one attached hydrogen (secondary N) is 2. The Morgan fingerprint density at radius 2 is 2.03 bits per heavy atom. The zero-order valence-electron chi connectivity index (χ0n) is 20.1. The second kappa shape index (κ2) is 10.3. The Labute approximate surface area is 227 Å². The zero-order valence-corrected chi connectivity index (χ0v) is 24.0. The average Bonchev–Trinajstić information content (AvgIpc) is 3.53. The number of ether oxygens (including phenoxy) is 1. The van der Waals surface area contributed by atoms with Crippen molar-refractivity contribution >= 4 is 74.4 Å². The van der Waals surface area contributed by atoms with Gasteiger partial charge in [-0.2, -0.15) is 0 Å². The van der Waals surface area contributed by atoms with Gasteiger partial charge in [0.05, 0.1) is 29.5 Å². The molecule has 1 aliphatic heterocycles. The molecule has 7 nitrogen and oxygen atoms in total. The van der Waals surface area contributed by atoms with E-state index in [9.17, 15) is 13.6 Å². The van der Waals surface area contributed by atoms with E-state index in [1.54, 1.807) is 17.8 Å². The van der Waals surface area contributed by atoms with Crippen molar-refractivity contribution in [1.82, 2.24) is 14.3 Å². The van der Waals surface area contributed by atoms with Gasteiger partial charge < -0.3 is 15.4 Å². The van der Waals surface area contributed by atoms with Crippen LogP contribution in [0.25, 0.3) is 11.2 Å². The van der Waals surface area contributed by atoms with Crippen LogP contribution in [0.4, 0.5) is 26.0 Å². The van der Waals surface area contributed by atoms with Gasteiger partial charge in [0, 0.05) is 16.9 Å². The van der Waals surface area contributed by atoms with Gasteiger partial charge in [-0.3, -0.25) is 9.13 Å². The molecule has 192 valence electrons. The SMILES string of the molecule is CSc1cc(C2CCC(C)(C)O2)ccc1Nc1cc(NC(=O)C2CC2)nc2c1nc(C(F)F)n2PI. The highest BCUT2D eigenvalue weighted by molar-refractivity contribution is 14.2. The number of aromatic nitrogens is 3. The Morgan fingerprint density at radius 1 is 1.25 bits per heavy atom. The lowest BCUT2D eigenvalue weighted by atomic mass is 10.0. The van der Waals surface area contributed by atoms with Gasteiger partial charge in [0.1, 0.15) is 11.3 Å². The summed E-state index contributed by atoms with van der Waals surface area (Å²) in [5.41, 5.74) is 2.98. The van der Waals surface area contributed by atoms with E-state index >= 15 is 0 Å². The molecule has 2 N–H and O–H groups in total. The largest absolute Gasteiger partial charge is 0.368 e. The molecule has 2 aliphatic rings. The van der Waals surface area contributed by atoms with Crippen molar-refractivity contribution in [3.63, 3.8) is 0 Å². The van der Waals surface area contributed by atoms with Gasteiger partial charge >= 0.3 is 0 Å². The number of halogens is 3. The lowest BCUT2D eigenvalue weighted by molar-refractivity contribution is -0.117. The Balaban J connectivity index is 1.53. The molecule has 2 atom stereocenters. The molecule has 2 aromatic heterocycles. The van der Waals surface area contributed by atoms with Crippen LogP contribution in [0, 0.1) is 5.92 Å². The van der Waals surface area contributed by atoms with E-state index in [1.807, 2.05) is 40.4 Å². The molecule has 12 heteroatoms. The molecular formula is C24H27F2IN5O2PS.